The molecule has 0 spiro atoms. The van der Waals surface area contributed by atoms with Crippen molar-refractivity contribution in [1.29, 1.82) is 0 Å². The standard InChI is InChI=1S/C15H23FN2/c1-2-18-10-4-3-5-13(11-17)15(18)12-6-8-14(16)9-7-12/h6-9,13,15H,2-5,10-11,17H2,1H3. The second-order valence-electron chi connectivity index (χ2n) is 5.12. The molecule has 100 valence electrons. The first-order valence-electron chi connectivity index (χ1n) is 6.95. The first kappa shape index (κ1) is 13.5. The molecule has 2 N–H and O–H groups in total. The Balaban J connectivity index is 2.29. The molecule has 0 radical (unpaired) electrons. The minimum absolute atomic E-state index is 0.167. The fourth-order valence-corrected chi connectivity index (χ4v) is 3.06. The zero-order chi connectivity index (χ0) is 13.0. The van der Waals surface area contributed by atoms with Gasteiger partial charge in [-0.25, -0.2) is 4.39 Å². The van der Waals surface area contributed by atoms with Crippen molar-refractivity contribution in [2.75, 3.05) is 19.6 Å². The number of hydrogen-bond acceptors (Lipinski definition) is 2. The molecule has 2 atom stereocenters. The van der Waals surface area contributed by atoms with E-state index in [1.54, 1.807) is 12.1 Å². The number of halogens is 1. The fraction of sp³-hybridized carbons (Fsp3) is 0.600. The molecule has 3 heteroatoms. The predicted molar refractivity (Wildman–Crippen MR) is 72.8 cm³/mol. The van der Waals surface area contributed by atoms with E-state index in [-0.39, 0.29) is 5.82 Å². The molecular weight excluding hydrogens is 227 g/mol. The average molecular weight is 250 g/mol. The third kappa shape index (κ3) is 2.90. The largest absolute Gasteiger partial charge is 0.330 e. The lowest BCUT2D eigenvalue weighted by Crippen LogP contribution is -2.35. The minimum atomic E-state index is -0.167. The second-order valence-corrected chi connectivity index (χ2v) is 5.12. The molecule has 0 saturated carbocycles. The van der Waals surface area contributed by atoms with Crippen LogP contribution in [-0.2, 0) is 0 Å². The predicted octanol–water partition coefficient (Wildman–Crippen LogP) is 2.95. The van der Waals surface area contributed by atoms with E-state index >= 15 is 0 Å². The van der Waals surface area contributed by atoms with Gasteiger partial charge in [0.05, 0.1) is 0 Å². The Labute approximate surface area is 109 Å². The Kier molecular flexibility index (Phi) is 4.72. The summed E-state index contributed by atoms with van der Waals surface area (Å²) in [5.74, 6) is 0.317. The smallest absolute Gasteiger partial charge is 0.123 e. The molecule has 1 aliphatic rings. The van der Waals surface area contributed by atoms with Crippen LogP contribution in [-0.4, -0.2) is 24.5 Å². The average Bonchev–Trinajstić information content (AvgIpc) is 2.61. The number of hydrogen-bond donors (Lipinski definition) is 1. The zero-order valence-electron chi connectivity index (χ0n) is 11.1. The summed E-state index contributed by atoms with van der Waals surface area (Å²) < 4.78 is 13.1. The van der Waals surface area contributed by atoms with Crippen LogP contribution >= 0.6 is 0 Å². The van der Waals surface area contributed by atoms with Gasteiger partial charge in [0.2, 0.25) is 0 Å². The minimum Gasteiger partial charge on any atom is -0.330 e. The summed E-state index contributed by atoms with van der Waals surface area (Å²) in [6.07, 6.45) is 3.66. The summed E-state index contributed by atoms with van der Waals surface area (Å²) in [5.41, 5.74) is 7.15. The molecule has 1 aromatic rings. The van der Waals surface area contributed by atoms with E-state index in [1.807, 2.05) is 12.1 Å². The highest BCUT2D eigenvalue weighted by atomic mass is 19.1. The summed E-state index contributed by atoms with van der Waals surface area (Å²) >= 11 is 0. The number of likely N-dealkylation sites (tertiary alicyclic amines) is 1. The van der Waals surface area contributed by atoms with Gasteiger partial charge in [-0.2, -0.15) is 0 Å². The lowest BCUT2D eigenvalue weighted by atomic mass is 9.89. The molecule has 1 heterocycles. The molecule has 2 rings (SSSR count). The maximum Gasteiger partial charge on any atom is 0.123 e. The SMILES string of the molecule is CCN1CCCCC(CN)C1c1ccc(F)cc1. The first-order chi connectivity index (χ1) is 8.76. The zero-order valence-corrected chi connectivity index (χ0v) is 11.1. The molecular formula is C15H23FN2. The van der Waals surface area contributed by atoms with Crippen molar-refractivity contribution in [3.8, 4) is 0 Å². The molecule has 2 unspecified atom stereocenters. The van der Waals surface area contributed by atoms with Crippen LogP contribution in [0, 0.1) is 11.7 Å². The molecule has 2 nitrogen and oxygen atoms in total. The van der Waals surface area contributed by atoms with Crippen LogP contribution in [0.15, 0.2) is 24.3 Å². The van der Waals surface area contributed by atoms with E-state index in [0.29, 0.717) is 18.5 Å². The van der Waals surface area contributed by atoms with Crippen LogP contribution in [0.3, 0.4) is 0 Å². The van der Waals surface area contributed by atoms with Crippen molar-refractivity contribution in [2.24, 2.45) is 11.7 Å². The van der Waals surface area contributed by atoms with Gasteiger partial charge in [-0.1, -0.05) is 25.5 Å². The quantitative estimate of drug-likeness (QED) is 0.893. The van der Waals surface area contributed by atoms with Crippen LogP contribution in [0.1, 0.15) is 37.8 Å². The highest BCUT2D eigenvalue weighted by Crippen LogP contribution is 2.34. The van der Waals surface area contributed by atoms with Crippen molar-refractivity contribution < 1.29 is 4.39 Å². The van der Waals surface area contributed by atoms with Crippen molar-refractivity contribution in [3.63, 3.8) is 0 Å². The van der Waals surface area contributed by atoms with Gasteiger partial charge in [0.25, 0.3) is 0 Å². The number of nitrogens with two attached hydrogens (primary N) is 1. The fourth-order valence-electron chi connectivity index (χ4n) is 3.06. The van der Waals surface area contributed by atoms with Gasteiger partial charge in [-0.3, -0.25) is 4.90 Å². The molecule has 0 bridgehead atoms. The number of benzene rings is 1. The maximum absolute atomic E-state index is 13.1. The third-order valence-electron chi connectivity index (χ3n) is 4.03. The summed E-state index contributed by atoms with van der Waals surface area (Å²) in [6.45, 7) is 5.04. The summed E-state index contributed by atoms with van der Waals surface area (Å²) in [7, 11) is 0. The topological polar surface area (TPSA) is 29.3 Å². The lowest BCUT2D eigenvalue weighted by molar-refractivity contribution is 0.166. The molecule has 1 aromatic carbocycles. The number of nitrogens with zero attached hydrogens (tertiary/aromatic N) is 1. The van der Waals surface area contributed by atoms with Crippen molar-refractivity contribution in [2.45, 2.75) is 32.2 Å². The maximum atomic E-state index is 13.1. The monoisotopic (exact) mass is 250 g/mol. The normalized spacial score (nSPS) is 25.9. The van der Waals surface area contributed by atoms with Crippen LogP contribution in [0.5, 0.6) is 0 Å². The van der Waals surface area contributed by atoms with Gasteiger partial charge in [0.1, 0.15) is 5.82 Å². The molecule has 18 heavy (non-hydrogen) atoms. The molecule has 1 saturated heterocycles. The van der Waals surface area contributed by atoms with E-state index in [0.717, 1.165) is 13.1 Å². The van der Waals surface area contributed by atoms with Gasteiger partial charge >= 0.3 is 0 Å². The van der Waals surface area contributed by atoms with E-state index in [4.69, 9.17) is 5.73 Å². The Morgan fingerprint density at radius 2 is 2.00 bits per heavy atom. The van der Waals surface area contributed by atoms with E-state index in [2.05, 4.69) is 11.8 Å². The van der Waals surface area contributed by atoms with Crippen molar-refractivity contribution in [3.05, 3.63) is 35.6 Å². The van der Waals surface area contributed by atoms with Gasteiger partial charge in [-0.05, 0) is 56.1 Å². The third-order valence-corrected chi connectivity index (χ3v) is 4.03. The highest BCUT2D eigenvalue weighted by molar-refractivity contribution is 5.21. The van der Waals surface area contributed by atoms with Crippen molar-refractivity contribution >= 4 is 0 Å². The molecule has 0 amide bonds. The van der Waals surface area contributed by atoms with Gasteiger partial charge in [-0.15, -0.1) is 0 Å². The molecule has 0 aliphatic carbocycles. The Hall–Kier alpha value is -0.930. The molecule has 0 aromatic heterocycles. The summed E-state index contributed by atoms with van der Waals surface area (Å²) in [6, 6.07) is 7.29. The Bertz CT molecular complexity index is 349. The van der Waals surface area contributed by atoms with Crippen LogP contribution < -0.4 is 5.73 Å². The first-order valence-corrected chi connectivity index (χ1v) is 6.95. The van der Waals surface area contributed by atoms with Gasteiger partial charge in [0.15, 0.2) is 0 Å². The van der Waals surface area contributed by atoms with Crippen LogP contribution in [0.25, 0.3) is 0 Å². The van der Waals surface area contributed by atoms with Gasteiger partial charge in [0, 0.05) is 6.04 Å². The summed E-state index contributed by atoms with van der Waals surface area (Å²) in [4.78, 5) is 2.48. The Morgan fingerprint density at radius 1 is 1.28 bits per heavy atom. The van der Waals surface area contributed by atoms with Crippen LogP contribution in [0.2, 0.25) is 0 Å². The van der Waals surface area contributed by atoms with Gasteiger partial charge < -0.3 is 5.73 Å². The lowest BCUT2D eigenvalue weighted by Gasteiger charge is -2.34. The molecule has 1 aliphatic heterocycles. The number of rotatable bonds is 3. The summed E-state index contributed by atoms with van der Waals surface area (Å²) in [5, 5.41) is 0. The van der Waals surface area contributed by atoms with E-state index < -0.39 is 0 Å². The highest BCUT2D eigenvalue weighted by Gasteiger charge is 2.29. The second kappa shape index (κ2) is 6.30. The molecule has 1 fully saturated rings. The van der Waals surface area contributed by atoms with Crippen molar-refractivity contribution in [1.82, 2.24) is 4.90 Å². The van der Waals surface area contributed by atoms with Crippen LogP contribution in [0.4, 0.5) is 4.39 Å². The Morgan fingerprint density at radius 3 is 2.61 bits per heavy atom. The van der Waals surface area contributed by atoms with E-state index in [1.165, 1.54) is 24.8 Å². The van der Waals surface area contributed by atoms with E-state index in [9.17, 15) is 4.39 Å².